The summed E-state index contributed by atoms with van der Waals surface area (Å²) in [5.41, 5.74) is 1.44. The largest absolute Gasteiger partial charge is 0.494 e. The van der Waals surface area contributed by atoms with E-state index in [1.165, 1.54) is 22.7 Å². The van der Waals surface area contributed by atoms with Gasteiger partial charge in [0.05, 0.1) is 17.4 Å². The maximum absolute atomic E-state index is 11.8. The third-order valence-corrected chi connectivity index (χ3v) is 4.73. The first-order valence-electron chi connectivity index (χ1n) is 6.23. The van der Waals surface area contributed by atoms with Crippen molar-refractivity contribution >= 4 is 48.9 Å². The molecule has 108 valence electrons. The number of aromatic nitrogens is 1. The molecule has 2 heterocycles. The molecule has 0 aliphatic heterocycles. The highest BCUT2D eigenvalue weighted by Gasteiger charge is 2.14. The first-order valence-corrected chi connectivity index (χ1v) is 7.92. The molecule has 0 atom stereocenters. The van der Waals surface area contributed by atoms with Gasteiger partial charge < -0.3 is 15.4 Å². The van der Waals surface area contributed by atoms with Crippen LogP contribution in [0.3, 0.4) is 0 Å². The van der Waals surface area contributed by atoms with Gasteiger partial charge in [-0.05, 0) is 23.6 Å². The Labute approximate surface area is 129 Å². The maximum Gasteiger partial charge on any atom is 0.254 e. The predicted molar refractivity (Wildman–Crippen MR) is 87.2 cm³/mol. The van der Waals surface area contributed by atoms with Gasteiger partial charge >= 0.3 is 0 Å². The molecule has 3 aromatic rings. The molecule has 21 heavy (non-hydrogen) atoms. The monoisotopic (exact) mass is 319 g/mol. The van der Waals surface area contributed by atoms with Gasteiger partial charge in [0.1, 0.15) is 16.3 Å². The number of nitrogens with one attached hydrogen (secondary N) is 2. The molecule has 0 saturated heterocycles. The van der Waals surface area contributed by atoms with Gasteiger partial charge in [-0.1, -0.05) is 17.4 Å². The van der Waals surface area contributed by atoms with Crippen LogP contribution in [0.1, 0.15) is 10.4 Å². The summed E-state index contributed by atoms with van der Waals surface area (Å²) in [5, 5.41) is 9.25. The molecule has 0 radical (unpaired) electrons. The number of anilines is 2. The second kappa shape index (κ2) is 5.71. The first kappa shape index (κ1) is 13.8. The third-order valence-electron chi connectivity index (χ3n) is 2.96. The quantitative estimate of drug-likeness (QED) is 0.773. The summed E-state index contributed by atoms with van der Waals surface area (Å²) in [6, 6.07) is 7.60. The molecule has 2 N–H and O–H groups in total. The smallest absolute Gasteiger partial charge is 0.254 e. The number of amides is 1. The van der Waals surface area contributed by atoms with E-state index >= 15 is 0 Å². The molecule has 0 aliphatic rings. The highest BCUT2D eigenvalue weighted by Crippen LogP contribution is 2.35. The van der Waals surface area contributed by atoms with Crippen LogP contribution < -0.4 is 15.4 Å². The molecule has 0 spiro atoms. The zero-order valence-corrected chi connectivity index (χ0v) is 13.1. The van der Waals surface area contributed by atoms with Gasteiger partial charge in [-0.25, -0.2) is 4.98 Å². The van der Waals surface area contributed by atoms with Crippen molar-refractivity contribution in [2.45, 2.75) is 0 Å². The van der Waals surface area contributed by atoms with Crippen molar-refractivity contribution < 1.29 is 9.53 Å². The average molecular weight is 319 g/mol. The molecule has 0 fully saturated rings. The number of fused-ring (bicyclic) bond motifs is 1. The molecule has 0 bridgehead atoms. The van der Waals surface area contributed by atoms with Gasteiger partial charge in [-0.15, -0.1) is 11.3 Å². The van der Waals surface area contributed by atoms with Crippen molar-refractivity contribution in [1.29, 1.82) is 0 Å². The number of ether oxygens (including phenoxy) is 1. The number of nitrogens with zero attached hydrogens (tertiary/aromatic N) is 1. The van der Waals surface area contributed by atoms with Gasteiger partial charge in [0.15, 0.2) is 5.13 Å². The SMILES string of the molecule is CNC(=O)c1ccsc1Nc1nc2c(OC)cccc2s1. The van der Waals surface area contributed by atoms with Gasteiger partial charge in [-0.3, -0.25) is 4.79 Å². The van der Waals surface area contributed by atoms with Crippen LogP contribution in [0.5, 0.6) is 5.75 Å². The van der Waals surface area contributed by atoms with Crippen molar-refractivity contribution in [3.05, 3.63) is 35.2 Å². The van der Waals surface area contributed by atoms with E-state index in [2.05, 4.69) is 15.6 Å². The Kier molecular flexibility index (Phi) is 3.76. The Hall–Kier alpha value is -2.12. The lowest BCUT2D eigenvalue weighted by molar-refractivity contribution is 0.0964. The molecule has 1 aromatic carbocycles. The molecule has 7 heteroatoms. The van der Waals surface area contributed by atoms with E-state index in [0.29, 0.717) is 5.56 Å². The molecular weight excluding hydrogens is 306 g/mol. The molecule has 5 nitrogen and oxygen atoms in total. The summed E-state index contributed by atoms with van der Waals surface area (Å²) < 4.78 is 6.35. The molecule has 0 saturated carbocycles. The summed E-state index contributed by atoms with van der Waals surface area (Å²) in [4.78, 5) is 16.3. The second-order valence-electron chi connectivity index (χ2n) is 4.19. The van der Waals surface area contributed by atoms with Crippen LogP contribution in [0.15, 0.2) is 29.6 Å². The normalized spacial score (nSPS) is 10.6. The number of rotatable bonds is 4. The van der Waals surface area contributed by atoms with Crippen LogP contribution in [-0.4, -0.2) is 25.0 Å². The standard InChI is InChI=1S/C14H13N3O2S2/c1-15-12(18)8-6-7-20-13(8)17-14-16-11-9(19-2)4-3-5-10(11)21-14/h3-7H,1-2H3,(H,15,18)(H,16,17). The van der Waals surface area contributed by atoms with Crippen molar-refractivity contribution in [2.24, 2.45) is 0 Å². The van der Waals surface area contributed by atoms with E-state index in [4.69, 9.17) is 4.74 Å². The number of para-hydroxylation sites is 1. The Morgan fingerprint density at radius 1 is 1.33 bits per heavy atom. The minimum atomic E-state index is -0.113. The Morgan fingerprint density at radius 2 is 2.19 bits per heavy atom. The van der Waals surface area contributed by atoms with Crippen molar-refractivity contribution in [1.82, 2.24) is 10.3 Å². The minimum absolute atomic E-state index is 0.113. The number of thiazole rings is 1. The van der Waals surface area contributed by atoms with Crippen LogP contribution in [0.25, 0.3) is 10.2 Å². The van der Waals surface area contributed by atoms with Crippen LogP contribution in [0, 0.1) is 0 Å². The van der Waals surface area contributed by atoms with E-state index in [-0.39, 0.29) is 5.91 Å². The highest BCUT2D eigenvalue weighted by atomic mass is 32.1. The maximum atomic E-state index is 11.8. The molecule has 1 amide bonds. The zero-order chi connectivity index (χ0) is 14.8. The second-order valence-corrected chi connectivity index (χ2v) is 6.14. The van der Waals surface area contributed by atoms with Crippen LogP contribution in [0.2, 0.25) is 0 Å². The molecule has 2 aromatic heterocycles. The third kappa shape index (κ3) is 2.57. The topological polar surface area (TPSA) is 63.2 Å². The number of hydrogen-bond acceptors (Lipinski definition) is 6. The summed E-state index contributed by atoms with van der Waals surface area (Å²) >= 11 is 3.00. The Morgan fingerprint density at radius 3 is 2.95 bits per heavy atom. The van der Waals surface area contributed by atoms with Gasteiger partial charge in [-0.2, -0.15) is 0 Å². The number of carbonyl (C=O) groups excluding carboxylic acids is 1. The van der Waals surface area contributed by atoms with E-state index in [1.54, 1.807) is 20.2 Å². The lowest BCUT2D eigenvalue weighted by Gasteiger charge is -2.02. The van der Waals surface area contributed by atoms with E-state index in [0.717, 1.165) is 26.1 Å². The van der Waals surface area contributed by atoms with E-state index in [1.807, 2.05) is 23.6 Å². The van der Waals surface area contributed by atoms with E-state index < -0.39 is 0 Å². The van der Waals surface area contributed by atoms with Crippen LogP contribution in [0.4, 0.5) is 10.1 Å². The molecule has 3 rings (SSSR count). The summed E-state index contributed by atoms with van der Waals surface area (Å²) in [5.74, 6) is 0.631. The van der Waals surface area contributed by atoms with Crippen molar-refractivity contribution in [2.75, 3.05) is 19.5 Å². The first-order chi connectivity index (χ1) is 10.2. The van der Waals surface area contributed by atoms with Crippen LogP contribution in [-0.2, 0) is 0 Å². The summed E-state index contributed by atoms with van der Waals surface area (Å²) in [7, 11) is 3.25. The average Bonchev–Trinajstić information content (AvgIpc) is 3.12. The summed E-state index contributed by atoms with van der Waals surface area (Å²) in [6.45, 7) is 0. The highest BCUT2D eigenvalue weighted by molar-refractivity contribution is 7.22. The summed E-state index contributed by atoms with van der Waals surface area (Å²) in [6.07, 6.45) is 0. The lowest BCUT2D eigenvalue weighted by Crippen LogP contribution is -2.17. The van der Waals surface area contributed by atoms with Crippen molar-refractivity contribution in [3.63, 3.8) is 0 Å². The molecular formula is C14H13N3O2S2. The van der Waals surface area contributed by atoms with E-state index in [9.17, 15) is 4.79 Å². The number of benzene rings is 1. The number of methoxy groups -OCH3 is 1. The fourth-order valence-electron chi connectivity index (χ4n) is 1.96. The minimum Gasteiger partial charge on any atom is -0.494 e. The molecule has 0 aliphatic carbocycles. The zero-order valence-electron chi connectivity index (χ0n) is 11.5. The molecule has 0 unspecified atom stereocenters. The van der Waals surface area contributed by atoms with Crippen LogP contribution >= 0.6 is 22.7 Å². The fourth-order valence-corrected chi connectivity index (χ4v) is 3.69. The predicted octanol–water partition coefficient (Wildman–Crippen LogP) is 3.47. The number of thiophene rings is 1. The number of hydrogen-bond donors (Lipinski definition) is 2. The fraction of sp³-hybridized carbons (Fsp3) is 0.143. The van der Waals surface area contributed by atoms with Gasteiger partial charge in [0.25, 0.3) is 5.91 Å². The van der Waals surface area contributed by atoms with Gasteiger partial charge in [0, 0.05) is 7.05 Å². The Balaban J connectivity index is 1.96. The van der Waals surface area contributed by atoms with Gasteiger partial charge in [0.2, 0.25) is 0 Å². The number of carbonyl (C=O) groups is 1. The lowest BCUT2D eigenvalue weighted by atomic mass is 10.3. The van der Waals surface area contributed by atoms with Crippen molar-refractivity contribution in [3.8, 4) is 5.75 Å². The Bertz CT molecular complexity index is 794.